The zero-order valence-corrected chi connectivity index (χ0v) is 45.5. The second-order valence-electron chi connectivity index (χ2n) is 19.6. The Kier molecular flexibility index (Phi) is 19.0. The topological polar surface area (TPSA) is 241 Å². The average Bonchev–Trinajstić information content (AvgIpc) is 4.15. The molecular formula is C54H68N10O9S2. The van der Waals surface area contributed by atoms with Gasteiger partial charge in [-0.3, -0.25) is 33.5 Å². The Morgan fingerprint density at radius 2 is 1.59 bits per heavy atom. The van der Waals surface area contributed by atoms with Gasteiger partial charge in [-0.05, 0) is 74.4 Å². The first-order valence-corrected chi connectivity index (χ1v) is 26.8. The summed E-state index contributed by atoms with van der Waals surface area (Å²) in [5, 5.41) is 32.1. The predicted octanol–water partition coefficient (Wildman–Crippen LogP) is 5.70. The number of nitrogens with zero attached hydrogens (tertiary/aromatic N) is 6. The van der Waals surface area contributed by atoms with E-state index in [1.165, 1.54) is 11.0 Å². The van der Waals surface area contributed by atoms with Crippen LogP contribution in [-0.2, 0) is 44.7 Å². The molecule has 5 atom stereocenters. The molecule has 0 radical (unpaired) electrons. The van der Waals surface area contributed by atoms with E-state index in [0.717, 1.165) is 54.0 Å². The number of ether oxygens (including phenoxy) is 3. The summed E-state index contributed by atoms with van der Waals surface area (Å²) in [6, 6.07) is 12.7. The Morgan fingerprint density at radius 3 is 2.24 bits per heavy atom. The molecule has 0 spiro atoms. The zero-order valence-electron chi connectivity index (χ0n) is 43.9. The quantitative estimate of drug-likeness (QED) is 0.0391. The molecule has 1 saturated heterocycles. The Bertz CT molecular complexity index is 2870. The number of rotatable bonds is 23. The van der Waals surface area contributed by atoms with Crippen molar-refractivity contribution >= 4 is 63.6 Å². The second kappa shape index (κ2) is 25.4. The molecule has 5 amide bonds. The fourth-order valence-electron chi connectivity index (χ4n) is 9.04. The number of fused-ring (bicyclic) bond motifs is 3. The molecule has 5 N–H and O–H groups in total. The Labute approximate surface area is 445 Å². The lowest BCUT2D eigenvalue weighted by molar-refractivity contribution is -0.144. The number of aromatic nitrogens is 4. The van der Waals surface area contributed by atoms with Gasteiger partial charge in [-0.25, -0.2) is 4.98 Å². The SMILES string of the molecule is C=CC(=O)Nc1ccc(C2=NC([C@@H](CC)C(=O)NCCOCCOCCOCC(=O)N[C@H](C(=O)N3C[C@H](O)C[C@H]3C(=O)NCc3ccc(-c4scnc4C)cc3)C(C)(C)C)c3nnc(C)n3-c3sc(C)c(C)c32)cc1. The Morgan fingerprint density at radius 1 is 0.907 bits per heavy atom. The third-order valence-corrected chi connectivity index (χ3v) is 15.4. The van der Waals surface area contributed by atoms with E-state index in [1.807, 2.05) is 94.6 Å². The van der Waals surface area contributed by atoms with Gasteiger partial charge in [0.05, 0.1) is 66.8 Å². The van der Waals surface area contributed by atoms with Crippen LogP contribution in [0.1, 0.15) is 91.1 Å². The molecule has 2 aromatic carbocycles. The molecule has 3 aromatic heterocycles. The minimum Gasteiger partial charge on any atom is -0.391 e. The van der Waals surface area contributed by atoms with Gasteiger partial charge in [0.15, 0.2) is 5.82 Å². The number of thiophene rings is 1. The van der Waals surface area contributed by atoms with Crippen molar-refractivity contribution in [1.29, 1.82) is 0 Å². The van der Waals surface area contributed by atoms with Gasteiger partial charge in [0, 0.05) is 47.7 Å². The molecule has 19 nitrogen and oxygen atoms in total. The molecule has 400 valence electrons. The zero-order chi connectivity index (χ0) is 54.0. The maximum atomic E-state index is 14.0. The van der Waals surface area contributed by atoms with Gasteiger partial charge >= 0.3 is 0 Å². The largest absolute Gasteiger partial charge is 0.391 e. The van der Waals surface area contributed by atoms with E-state index in [9.17, 15) is 29.1 Å². The van der Waals surface area contributed by atoms with Crippen LogP contribution < -0.4 is 21.3 Å². The molecule has 75 heavy (non-hydrogen) atoms. The summed E-state index contributed by atoms with van der Waals surface area (Å²) >= 11 is 3.19. The van der Waals surface area contributed by atoms with E-state index in [1.54, 1.807) is 28.2 Å². The van der Waals surface area contributed by atoms with Crippen LogP contribution in [0, 0.1) is 39.0 Å². The van der Waals surface area contributed by atoms with Gasteiger partial charge in [0.2, 0.25) is 29.5 Å². The number of carbonyl (C=O) groups excluding carboxylic acids is 5. The highest BCUT2D eigenvalue weighted by molar-refractivity contribution is 7.15. The van der Waals surface area contributed by atoms with Crippen LogP contribution in [0.25, 0.3) is 15.4 Å². The number of β-amino-alcohol motifs (C(OH)–C–C–N with tert-alkyl or cyclic N) is 1. The number of thiazole rings is 1. The molecule has 0 bridgehead atoms. The van der Waals surface area contributed by atoms with E-state index >= 15 is 0 Å². The first-order chi connectivity index (χ1) is 35.9. The Hall–Kier alpha value is -6.49. The normalized spacial score (nSPS) is 17.0. The second-order valence-corrected chi connectivity index (χ2v) is 21.7. The number of hydrogen-bond donors (Lipinski definition) is 5. The fraction of sp³-hybridized carbons (Fsp3) is 0.463. The minimum atomic E-state index is -0.995. The number of likely N-dealkylation sites (tertiary alicyclic amines) is 1. The van der Waals surface area contributed by atoms with Crippen LogP contribution in [0.3, 0.4) is 0 Å². The third-order valence-electron chi connectivity index (χ3n) is 13.2. The first-order valence-electron chi connectivity index (χ1n) is 25.1. The summed E-state index contributed by atoms with van der Waals surface area (Å²) in [4.78, 5) is 79.7. The van der Waals surface area contributed by atoms with Gasteiger partial charge in [0.1, 0.15) is 35.6 Å². The van der Waals surface area contributed by atoms with Crippen molar-refractivity contribution in [3.05, 3.63) is 111 Å². The molecular weight excluding hydrogens is 997 g/mol. The summed E-state index contributed by atoms with van der Waals surface area (Å²) in [5.74, 6) is -1.19. The van der Waals surface area contributed by atoms with Crippen molar-refractivity contribution in [2.75, 3.05) is 58.0 Å². The standard InChI is InChI=1S/C54H68N10O9S2/c1-10-40(46-49-62-61-34(6)64(49)53-44(31(3)33(5)75-53)45(60-46)36-16-18-38(19-17-36)58-42(66)11-2)50(68)55-20-21-71-22-23-72-24-25-73-29-43(67)59-48(54(7,8)9)52(70)63-28-39(65)26-41(63)51(69)56-27-35-12-14-37(15-13-35)47-32(4)57-30-74-47/h11-19,30,39-41,46,48,65H,2,10,20-29H2,1,3-9H3,(H,55,68)(H,56,69)(H,58,66)(H,59,67)/t39-,40-,41+,46?,48-/m1/s1. The van der Waals surface area contributed by atoms with Crippen molar-refractivity contribution in [2.45, 2.75) is 99.0 Å². The van der Waals surface area contributed by atoms with Crippen LogP contribution in [-0.4, -0.2) is 136 Å². The minimum absolute atomic E-state index is 0.0356. The number of aliphatic imine (C=N–C) groups is 1. The molecule has 5 aromatic rings. The van der Waals surface area contributed by atoms with Crippen molar-refractivity contribution in [1.82, 2.24) is 40.6 Å². The molecule has 2 aliphatic rings. The van der Waals surface area contributed by atoms with Crippen molar-refractivity contribution < 1.29 is 43.3 Å². The van der Waals surface area contributed by atoms with Crippen LogP contribution in [0.5, 0.6) is 0 Å². The molecule has 0 aliphatic carbocycles. The van der Waals surface area contributed by atoms with Gasteiger partial charge in [-0.15, -0.1) is 32.9 Å². The number of aryl methyl sites for hydroxylation is 3. The molecule has 1 fully saturated rings. The molecule has 2 aliphatic heterocycles. The Balaban J connectivity index is 0.832. The average molecular weight is 1070 g/mol. The molecule has 5 heterocycles. The molecule has 7 rings (SSSR count). The lowest BCUT2D eigenvalue weighted by Crippen LogP contribution is -2.58. The van der Waals surface area contributed by atoms with Gasteiger partial charge < -0.3 is 45.5 Å². The van der Waals surface area contributed by atoms with Crippen LogP contribution in [0.15, 0.2) is 71.7 Å². The highest BCUT2D eigenvalue weighted by atomic mass is 32.1. The lowest BCUT2D eigenvalue weighted by atomic mass is 9.85. The van der Waals surface area contributed by atoms with Crippen LogP contribution in [0.4, 0.5) is 5.69 Å². The van der Waals surface area contributed by atoms with E-state index in [4.69, 9.17) is 19.2 Å². The number of nitrogens with one attached hydrogen (secondary N) is 4. The lowest BCUT2D eigenvalue weighted by Gasteiger charge is -2.35. The number of carbonyl (C=O) groups is 5. The summed E-state index contributed by atoms with van der Waals surface area (Å²) < 4.78 is 19.0. The third kappa shape index (κ3) is 13.7. The van der Waals surface area contributed by atoms with Gasteiger partial charge in [-0.1, -0.05) is 70.7 Å². The summed E-state index contributed by atoms with van der Waals surface area (Å²) in [7, 11) is 0. The highest BCUT2D eigenvalue weighted by Gasteiger charge is 2.45. The van der Waals surface area contributed by atoms with Crippen molar-refractivity contribution in [3.63, 3.8) is 0 Å². The smallest absolute Gasteiger partial charge is 0.247 e. The molecule has 0 saturated carbocycles. The monoisotopic (exact) mass is 1060 g/mol. The number of anilines is 1. The van der Waals surface area contributed by atoms with Gasteiger partial charge in [0.25, 0.3) is 0 Å². The van der Waals surface area contributed by atoms with E-state index in [0.29, 0.717) is 23.8 Å². The van der Waals surface area contributed by atoms with Gasteiger partial charge in [-0.2, -0.15) is 0 Å². The van der Waals surface area contributed by atoms with E-state index in [2.05, 4.69) is 56.9 Å². The van der Waals surface area contributed by atoms with Crippen LogP contribution >= 0.6 is 22.7 Å². The summed E-state index contributed by atoms with van der Waals surface area (Å²) in [6.45, 7) is 20.1. The number of amides is 5. The predicted molar refractivity (Wildman–Crippen MR) is 288 cm³/mol. The summed E-state index contributed by atoms with van der Waals surface area (Å²) in [5.41, 5.74) is 8.14. The number of benzene rings is 2. The maximum Gasteiger partial charge on any atom is 0.247 e. The van der Waals surface area contributed by atoms with E-state index in [-0.39, 0.29) is 83.4 Å². The molecule has 21 heteroatoms. The first kappa shape index (κ1) is 56.2. The van der Waals surface area contributed by atoms with Crippen molar-refractivity contribution in [3.8, 4) is 15.4 Å². The van der Waals surface area contributed by atoms with Crippen LogP contribution in [0.2, 0.25) is 0 Å². The van der Waals surface area contributed by atoms with E-state index < -0.39 is 47.4 Å². The highest BCUT2D eigenvalue weighted by Crippen LogP contribution is 2.41. The molecule has 1 unspecified atom stereocenters. The fourth-order valence-corrected chi connectivity index (χ4v) is 11.1. The summed E-state index contributed by atoms with van der Waals surface area (Å²) in [6.07, 6.45) is 0.878. The van der Waals surface area contributed by atoms with Crippen molar-refractivity contribution in [2.24, 2.45) is 16.3 Å². The number of aliphatic hydroxyl groups is 1. The number of aliphatic hydroxyl groups excluding tert-OH is 1. The number of hydrogen-bond acceptors (Lipinski definition) is 15. The maximum absolute atomic E-state index is 14.0.